The minimum absolute atomic E-state index is 0.760. The molecule has 0 aromatic heterocycles. The summed E-state index contributed by atoms with van der Waals surface area (Å²) < 4.78 is 0.900. The molecular weight excluding hydrogens is 166 g/mol. The molecule has 0 amide bonds. The number of nitrogens with two attached hydrogens (primary N) is 1. The van der Waals surface area contributed by atoms with Crippen LogP contribution >= 0.6 is 15.9 Å². The van der Waals surface area contributed by atoms with E-state index in [0.29, 0.717) is 0 Å². The van der Waals surface area contributed by atoms with Crippen molar-refractivity contribution < 1.29 is 0 Å². The summed E-state index contributed by atoms with van der Waals surface area (Å²) in [6.07, 6.45) is 0. The van der Waals surface area contributed by atoms with E-state index in [1.807, 2.05) is 0 Å². The van der Waals surface area contributed by atoms with Gasteiger partial charge in [0.2, 0.25) is 0 Å². The number of nitrogen functional groups attached to an aromatic ring is 1. The Morgan fingerprint density at radius 1 is 1.62 bits per heavy atom. The van der Waals surface area contributed by atoms with E-state index in [9.17, 15) is 0 Å². The van der Waals surface area contributed by atoms with Crippen molar-refractivity contribution in [3.63, 3.8) is 0 Å². The maximum absolute atomic E-state index is 5.41. The standard InChI is InChI=1S/C6H5BrN/c7-5-2-1-3-6(8)4-5/h1,3-4H,8H2. The zero-order valence-corrected chi connectivity index (χ0v) is 5.77. The third-order valence-corrected chi connectivity index (χ3v) is 1.25. The second-order valence-corrected chi connectivity index (χ2v) is 2.32. The average molecular weight is 171 g/mol. The van der Waals surface area contributed by atoms with Crippen LogP contribution in [0.15, 0.2) is 22.7 Å². The topological polar surface area (TPSA) is 26.0 Å². The molecule has 0 aliphatic rings. The van der Waals surface area contributed by atoms with Crippen LogP contribution in [-0.2, 0) is 0 Å². The minimum atomic E-state index is 0.760. The molecule has 2 heteroatoms. The molecule has 1 aromatic carbocycles. The molecule has 1 aromatic rings. The monoisotopic (exact) mass is 170 g/mol. The Morgan fingerprint density at radius 2 is 2.38 bits per heavy atom. The molecule has 0 saturated heterocycles. The molecule has 2 N–H and O–H groups in total. The highest BCUT2D eigenvalue weighted by molar-refractivity contribution is 9.10. The van der Waals surface area contributed by atoms with Crippen molar-refractivity contribution in [2.24, 2.45) is 0 Å². The second-order valence-electron chi connectivity index (χ2n) is 1.47. The van der Waals surface area contributed by atoms with Crippen LogP contribution in [0.5, 0.6) is 0 Å². The fraction of sp³-hybridized carbons (Fsp3) is 0. The van der Waals surface area contributed by atoms with E-state index in [1.165, 1.54) is 0 Å². The first-order valence-corrected chi connectivity index (χ1v) is 3.01. The lowest BCUT2D eigenvalue weighted by Gasteiger charge is -1.88. The lowest BCUT2D eigenvalue weighted by Crippen LogP contribution is -1.81. The summed E-state index contributed by atoms with van der Waals surface area (Å²) in [4.78, 5) is 0. The summed E-state index contributed by atoms with van der Waals surface area (Å²) >= 11 is 3.23. The summed E-state index contributed by atoms with van der Waals surface area (Å²) in [6, 6.07) is 8.29. The zero-order chi connectivity index (χ0) is 5.98. The van der Waals surface area contributed by atoms with E-state index in [2.05, 4.69) is 22.0 Å². The van der Waals surface area contributed by atoms with Gasteiger partial charge in [0.1, 0.15) is 0 Å². The van der Waals surface area contributed by atoms with Crippen molar-refractivity contribution >= 4 is 21.6 Å². The molecule has 0 spiro atoms. The van der Waals surface area contributed by atoms with Crippen LogP contribution in [0.1, 0.15) is 0 Å². The summed E-state index contributed by atoms with van der Waals surface area (Å²) in [6.45, 7) is 0. The fourth-order valence-electron chi connectivity index (χ4n) is 0.454. The van der Waals surface area contributed by atoms with Crippen LogP contribution < -0.4 is 5.73 Å². The third kappa shape index (κ3) is 1.23. The molecule has 1 nitrogen and oxygen atoms in total. The summed E-state index contributed by atoms with van der Waals surface area (Å²) in [5, 5.41) is 0. The Balaban J connectivity index is 3.08. The molecule has 0 aliphatic heterocycles. The van der Waals surface area contributed by atoms with Crippen molar-refractivity contribution in [2.75, 3.05) is 5.73 Å². The lowest BCUT2D eigenvalue weighted by molar-refractivity contribution is 1.62. The van der Waals surface area contributed by atoms with Gasteiger partial charge in [0.15, 0.2) is 0 Å². The van der Waals surface area contributed by atoms with Gasteiger partial charge >= 0.3 is 0 Å². The van der Waals surface area contributed by atoms with Crippen LogP contribution in [-0.4, -0.2) is 0 Å². The van der Waals surface area contributed by atoms with Crippen LogP contribution in [0.4, 0.5) is 5.69 Å². The maximum Gasteiger partial charge on any atom is 0.0325 e. The zero-order valence-electron chi connectivity index (χ0n) is 4.19. The van der Waals surface area contributed by atoms with E-state index in [1.54, 1.807) is 18.2 Å². The molecule has 0 unspecified atom stereocenters. The molecule has 8 heavy (non-hydrogen) atoms. The number of benzene rings is 1. The maximum atomic E-state index is 5.41. The quantitative estimate of drug-likeness (QED) is 0.592. The third-order valence-electron chi connectivity index (χ3n) is 0.790. The summed E-state index contributed by atoms with van der Waals surface area (Å²) in [7, 11) is 0. The lowest BCUT2D eigenvalue weighted by atomic mass is 10.3. The molecule has 0 bridgehead atoms. The highest BCUT2D eigenvalue weighted by Crippen LogP contribution is 2.10. The molecule has 0 fully saturated rings. The van der Waals surface area contributed by atoms with Crippen molar-refractivity contribution in [2.45, 2.75) is 0 Å². The summed E-state index contributed by atoms with van der Waals surface area (Å²) in [5.74, 6) is 0. The molecule has 1 rings (SSSR count). The number of hydrogen-bond acceptors (Lipinski definition) is 1. The van der Waals surface area contributed by atoms with Crippen LogP contribution in [0.25, 0.3) is 0 Å². The number of halogens is 1. The highest BCUT2D eigenvalue weighted by atomic mass is 79.9. The van der Waals surface area contributed by atoms with Gasteiger partial charge in [-0.05, 0) is 18.2 Å². The fourth-order valence-corrected chi connectivity index (χ4v) is 0.850. The Kier molecular flexibility index (Phi) is 1.53. The van der Waals surface area contributed by atoms with Gasteiger partial charge in [-0.25, -0.2) is 0 Å². The van der Waals surface area contributed by atoms with Gasteiger partial charge in [0, 0.05) is 10.2 Å². The molecule has 0 saturated carbocycles. The summed E-state index contributed by atoms with van der Waals surface area (Å²) in [5.41, 5.74) is 6.17. The van der Waals surface area contributed by atoms with E-state index in [-0.39, 0.29) is 0 Å². The predicted octanol–water partition coefficient (Wildman–Crippen LogP) is 1.83. The Morgan fingerprint density at radius 3 is 2.75 bits per heavy atom. The first-order valence-electron chi connectivity index (χ1n) is 2.22. The average Bonchev–Trinajstić information content (AvgIpc) is 1.64. The Labute approximate surface area is 56.6 Å². The van der Waals surface area contributed by atoms with E-state index in [0.717, 1.165) is 10.2 Å². The minimum Gasteiger partial charge on any atom is -0.399 e. The van der Waals surface area contributed by atoms with Crippen LogP contribution in [0.2, 0.25) is 0 Å². The highest BCUT2D eigenvalue weighted by Gasteiger charge is 1.83. The van der Waals surface area contributed by atoms with Gasteiger partial charge in [-0.15, -0.1) is 0 Å². The largest absolute Gasteiger partial charge is 0.399 e. The first kappa shape index (κ1) is 5.63. The van der Waals surface area contributed by atoms with Gasteiger partial charge in [-0.2, -0.15) is 0 Å². The normalized spacial score (nSPS) is 9.12. The number of anilines is 1. The molecule has 0 heterocycles. The van der Waals surface area contributed by atoms with Gasteiger partial charge in [0.05, 0.1) is 0 Å². The van der Waals surface area contributed by atoms with Gasteiger partial charge < -0.3 is 5.73 Å². The van der Waals surface area contributed by atoms with Crippen molar-refractivity contribution in [3.8, 4) is 0 Å². The van der Waals surface area contributed by atoms with Crippen molar-refractivity contribution in [1.29, 1.82) is 0 Å². The van der Waals surface area contributed by atoms with Gasteiger partial charge in [-0.1, -0.05) is 22.0 Å². The van der Waals surface area contributed by atoms with Crippen molar-refractivity contribution in [1.82, 2.24) is 0 Å². The van der Waals surface area contributed by atoms with Crippen LogP contribution in [0, 0.1) is 6.07 Å². The number of rotatable bonds is 0. The SMILES string of the molecule is Nc1cc[c]c(Br)c1. The first-order chi connectivity index (χ1) is 3.79. The van der Waals surface area contributed by atoms with Crippen LogP contribution in [0.3, 0.4) is 0 Å². The van der Waals surface area contributed by atoms with E-state index >= 15 is 0 Å². The van der Waals surface area contributed by atoms with E-state index < -0.39 is 0 Å². The molecule has 41 valence electrons. The van der Waals surface area contributed by atoms with E-state index in [4.69, 9.17) is 5.73 Å². The molecule has 0 aliphatic carbocycles. The van der Waals surface area contributed by atoms with Gasteiger partial charge in [-0.3, -0.25) is 0 Å². The number of hydrogen-bond donors (Lipinski definition) is 1. The Hall–Kier alpha value is -0.500. The second kappa shape index (κ2) is 2.18. The predicted molar refractivity (Wildman–Crippen MR) is 37.4 cm³/mol. The Bertz CT molecular complexity index is 168. The molecular formula is C6H5BrN. The smallest absolute Gasteiger partial charge is 0.0325 e. The molecule has 1 radical (unpaired) electrons. The van der Waals surface area contributed by atoms with Gasteiger partial charge in [0.25, 0.3) is 0 Å². The van der Waals surface area contributed by atoms with Crippen molar-refractivity contribution in [3.05, 3.63) is 28.7 Å². The molecule has 0 atom stereocenters.